The minimum atomic E-state index is -0.575. The average molecular weight is 283 g/mol. The number of aliphatic hydroxyl groups is 1. The number of nitro benzene ring substituents is 1. The number of hydrogen-bond donors (Lipinski definition) is 3. The first kappa shape index (κ1) is 15.0. The molecule has 0 saturated carbocycles. The Labute approximate surface area is 114 Å². The Hall–Kier alpha value is -2.06. The zero-order valence-corrected chi connectivity index (χ0v) is 10.8. The fraction of sp³-hybridized carbons (Fsp3) is 0.273. The van der Waals surface area contributed by atoms with Crippen molar-refractivity contribution in [2.75, 3.05) is 13.2 Å². The van der Waals surface area contributed by atoms with Gasteiger partial charge in [-0.3, -0.25) is 20.2 Å². The van der Waals surface area contributed by atoms with E-state index in [4.69, 9.17) is 17.3 Å². The first-order valence-corrected chi connectivity index (χ1v) is 5.90. The quantitative estimate of drug-likeness (QED) is 0.316. The Morgan fingerprint density at radius 3 is 2.84 bits per heavy atom. The van der Waals surface area contributed by atoms with Crippen molar-refractivity contribution in [2.24, 2.45) is 0 Å². The van der Waals surface area contributed by atoms with E-state index < -0.39 is 10.8 Å². The molecular weight excluding hydrogens is 270 g/mol. The van der Waals surface area contributed by atoms with E-state index >= 15 is 0 Å². The topological polar surface area (TPSA) is 104 Å². The van der Waals surface area contributed by atoms with Crippen LogP contribution in [0.2, 0.25) is 0 Å². The summed E-state index contributed by atoms with van der Waals surface area (Å²) in [6, 6.07) is 5.36. The summed E-state index contributed by atoms with van der Waals surface area (Å²) in [6.07, 6.45) is 0.507. The summed E-state index contributed by atoms with van der Waals surface area (Å²) in [4.78, 5) is 21.8. The van der Waals surface area contributed by atoms with Crippen molar-refractivity contribution in [1.82, 2.24) is 10.6 Å². The molecule has 1 aromatic rings. The molecule has 0 aliphatic rings. The van der Waals surface area contributed by atoms with Crippen LogP contribution in [-0.4, -0.2) is 34.2 Å². The standard InChI is InChI=1S/C11H13N3O4S/c15-6-2-5-12-11(19)13-10(16)8-3-1-4-9(7-8)14(17)18/h1,3-4,7,15H,2,5-6H2,(H2,12,13,16,19). The molecule has 0 fully saturated rings. The van der Waals surface area contributed by atoms with Crippen molar-refractivity contribution >= 4 is 28.9 Å². The van der Waals surface area contributed by atoms with Crippen LogP contribution < -0.4 is 10.6 Å². The third-order valence-electron chi connectivity index (χ3n) is 2.17. The van der Waals surface area contributed by atoms with Crippen molar-refractivity contribution in [3.8, 4) is 0 Å². The predicted molar refractivity (Wildman–Crippen MR) is 72.9 cm³/mol. The van der Waals surface area contributed by atoms with Crippen LogP contribution in [0.15, 0.2) is 24.3 Å². The molecule has 0 atom stereocenters. The molecule has 0 saturated heterocycles. The second-order valence-electron chi connectivity index (χ2n) is 3.59. The van der Waals surface area contributed by atoms with Crippen molar-refractivity contribution in [2.45, 2.75) is 6.42 Å². The molecule has 102 valence electrons. The second-order valence-corrected chi connectivity index (χ2v) is 4.00. The van der Waals surface area contributed by atoms with Gasteiger partial charge in [0, 0.05) is 30.8 Å². The maximum atomic E-state index is 11.8. The lowest BCUT2D eigenvalue weighted by molar-refractivity contribution is -0.384. The normalized spacial score (nSPS) is 9.74. The Balaban J connectivity index is 2.60. The Morgan fingerprint density at radius 1 is 1.47 bits per heavy atom. The molecule has 1 amide bonds. The summed E-state index contributed by atoms with van der Waals surface area (Å²) in [5.41, 5.74) is -0.00711. The number of benzene rings is 1. The molecule has 0 aliphatic carbocycles. The van der Waals surface area contributed by atoms with E-state index in [1.165, 1.54) is 24.3 Å². The number of nitro groups is 1. The molecule has 19 heavy (non-hydrogen) atoms. The number of nitrogens with one attached hydrogen (secondary N) is 2. The summed E-state index contributed by atoms with van der Waals surface area (Å²) in [5, 5.41) is 24.4. The van der Waals surface area contributed by atoms with Crippen molar-refractivity contribution < 1.29 is 14.8 Å². The van der Waals surface area contributed by atoms with Gasteiger partial charge in [-0.05, 0) is 24.7 Å². The van der Waals surface area contributed by atoms with Crippen LogP contribution >= 0.6 is 12.2 Å². The summed E-state index contributed by atoms with van der Waals surface area (Å²) in [6.45, 7) is 0.457. The van der Waals surface area contributed by atoms with Crippen molar-refractivity contribution in [1.29, 1.82) is 0 Å². The highest BCUT2D eigenvalue weighted by Gasteiger charge is 2.12. The molecule has 0 aromatic heterocycles. The van der Waals surface area contributed by atoms with Crippen LogP contribution in [0.3, 0.4) is 0 Å². The number of nitrogens with zero attached hydrogens (tertiary/aromatic N) is 1. The number of carbonyl (C=O) groups is 1. The molecule has 1 rings (SSSR count). The van der Waals surface area contributed by atoms with E-state index in [2.05, 4.69) is 10.6 Å². The highest BCUT2D eigenvalue weighted by atomic mass is 32.1. The van der Waals surface area contributed by atoms with Gasteiger partial charge in [0.1, 0.15) is 0 Å². The van der Waals surface area contributed by atoms with Crippen LogP contribution in [0.5, 0.6) is 0 Å². The summed E-state index contributed by atoms with van der Waals surface area (Å²) < 4.78 is 0. The van der Waals surface area contributed by atoms with Gasteiger partial charge in [-0.2, -0.15) is 0 Å². The first-order chi connectivity index (χ1) is 9.04. The number of carbonyl (C=O) groups excluding carboxylic acids is 1. The van der Waals surface area contributed by atoms with Crippen LogP contribution in [0.1, 0.15) is 16.8 Å². The lowest BCUT2D eigenvalue weighted by atomic mass is 10.2. The van der Waals surface area contributed by atoms with E-state index in [-0.39, 0.29) is 23.0 Å². The van der Waals surface area contributed by atoms with Gasteiger partial charge in [-0.1, -0.05) is 6.07 Å². The first-order valence-electron chi connectivity index (χ1n) is 5.49. The van der Waals surface area contributed by atoms with E-state index in [0.717, 1.165) is 0 Å². The third-order valence-corrected chi connectivity index (χ3v) is 2.41. The highest BCUT2D eigenvalue weighted by Crippen LogP contribution is 2.12. The van der Waals surface area contributed by atoms with Gasteiger partial charge >= 0.3 is 0 Å². The molecule has 0 unspecified atom stereocenters. The predicted octanol–water partition coefficient (Wildman–Crippen LogP) is 0.581. The molecule has 0 spiro atoms. The van der Waals surface area contributed by atoms with Gasteiger partial charge in [0.05, 0.1) is 4.92 Å². The highest BCUT2D eigenvalue weighted by molar-refractivity contribution is 7.80. The lowest BCUT2D eigenvalue weighted by Crippen LogP contribution is -2.39. The Morgan fingerprint density at radius 2 is 2.21 bits per heavy atom. The second kappa shape index (κ2) is 7.39. The molecule has 1 aromatic carbocycles. The summed E-state index contributed by atoms with van der Waals surface area (Å²) in [5.74, 6) is -0.523. The number of hydrogen-bond acceptors (Lipinski definition) is 5. The third kappa shape index (κ3) is 4.98. The van der Waals surface area contributed by atoms with Gasteiger partial charge in [0.15, 0.2) is 5.11 Å². The van der Waals surface area contributed by atoms with Gasteiger partial charge in [-0.15, -0.1) is 0 Å². The van der Waals surface area contributed by atoms with Crippen molar-refractivity contribution in [3.63, 3.8) is 0 Å². The fourth-order valence-electron chi connectivity index (χ4n) is 1.26. The molecule has 8 heteroatoms. The molecule has 0 radical (unpaired) electrons. The lowest BCUT2D eigenvalue weighted by Gasteiger charge is -2.08. The average Bonchev–Trinajstić information content (AvgIpc) is 2.39. The molecule has 7 nitrogen and oxygen atoms in total. The van der Waals surface area contributed by atoms with Gasteiger partial charge in [-0.25, -0.2) is 0 Å². The van der Waals surface area contributed by atoms with Crippen LogP contribution in [0.25, 0.3) is 0 Å². The minimum Gasteiger partial charge on any atom is -0.396 e. The Bertz CT molecular complexity index is 493. The number of rotatable bonds is 5. The van der Waals surface area contributed by atoms with Crippen LogP contribution in [0.4, 0.5) is 5.69 Å². The summed E-state index contributed by atoms with van der Waals surface area (Å²) >= 11 is 4.87. The van der Waals surface area contributed by atoms with Gasteiger partial charge in [0.2, 0.25) is 0 Å². The van der Waals surface area contributed by atoms with Gasteiger partial charge < -0.3 is 10.4 Å². The van der Waals surface area contributed by atoms with Crippen LogP contribution in [0, 0.1) is 10.1 Å². The minimum absolute atomic E-state index is 0.0223. The zero-order valence-electron chi connectivity index (χ0n) is 9.96. The molecule has 0 aliphatic heterocycles. The zero-order chi connectivity index (χ0) is 14.3. The molecule has 0 heterocycles. The number of aliphatic hydroxyl groups excluding tert-OH is 1. The molecular formula is C11H13N3O4S. The van der Waals surface area contributed by atoms with E-state index in [1.54, 1.807) is 0 Å². The van der Waals surface area contributed by atoms with Crippen LogP contribution in [-0.2, 0) is 0 Å². The SMILES string of the molecule is O=C(NC(=S)NCCCO)c1cccc([N+](=O)[O-])c1. The maximum absolute atomic E-state index is 11.8. The number of thiocarbonyl (C=S) groups is 1. The number of amides is 1. The maximum Gasteiger partial charge on any atom is 0.270 e. The van der Waals surface area contributed by atoms with E-state index in [9.17, 15) is 14.9 Å². The van der Waals surface area contributed by atoms with Gasteiger partial charge in [0.25, 0.3) is 11.6 Å². The smallest absolute Gasteiger partial charge is 0.270 e. The molecule has 0 bridgehead atoms. The number of non-ortho nitro benzene ring substituents is 1. The molecule has 3 N–H and O–H groups in total. The Kier molecular flexibility index (Phi) is 5.83. The van der Waals surface area contributed by atoms with Crippen molar-refractivity contribution in [3.05, 3.63) is 39.9 Å². The monoisotopic (exact) mass is 283 g/mol. The van der Waals surface area contributed by atoms with E-state index in [1.807, 2.05) is 0 Å². The fourth-order valence-corrected chi connectivity index (χ4v) is 1.46. The summed E-state index contributed by atoms with van der Waals surface area (Å²) in [7, 11) is 0. The largest absolute Gasteiger partial charge is 0.396 e. The van der Waals surface area contributed by atoms with E-state index in [0.29, 0.717) is 13.0 Å².